The SMILES string of the molecule is Cc1c(Cl)cccc1NC(=O)CCC(=O)NNC(=O)[C@@H]1CCCC[C@H]1C(=O)O. The van der Waals surface area contributed by atoms with Crippen LogP contribution in [0.25, 0.3) is 0 Å². The number of carbonyl (C=O) groups is 4. The minimum atomic E-state index is -1.00. The topological polar surface area (TPSA) is 125 Å². The summed E-state index contributed by atoms with van der Waals surface area (Å²) in [5.41, 5.74) is 5.83. The van der Waals surface area contributed by atoms with Crippen LogP contribution in [0.5, 0.6) is 0 Å². The molecule has 3 amide bonds. The zero-order valence-electron chi connectivity index (χ0n) is 15.6. The summed E-state index contributed by atoms with van der Waals surface area (Å²) in [4.78, 5) is 47.3. The van der Waals surface area contributed by atoms with Gasteiger partial charge in [-0.05, 0) is 37.5 Å². The van der Waals surface area contributed by atoms with Gasteiger partial charge in [-0.1, -0.05) is 30.5 Å². The molecular weight excluding hydrogens is 386 g/mol. The van der Waals surface area contributed by atoms with Crippen LogP contribution in [0.2, 0.25) is 5.02 Å². The van der Waals surface area contributed by atoms with Crippen molar-refractivity contribution in [2.75, 3.05) is 5.32 Å². The number of rotatable bonds is 6. The van der Waals surface area contributed by atoms with E-state index in [9.17, 15) is 24.3 Å². The highest BCUT2D eigenvalue weighted by molar-refractivity contribution is 6.31. The van der Waals surface area contributed by atoms with Crippen molar-refractivity contribution in [2.24, 2.45) is 11.8 Å². The number of benzene rings is 1. The third-order valence-electron chi connectivity index (χ3n) is 4.87. The summed E-state index contributed by atoms with van der Waals surface area (Å²) in [5.74, 6) is -3.81. The summed E-state index contributed by atoms with van der Waals surface area (Å²) in [5, 5.41) is 12.4. The van der Waals surface area contributed by atoms with Crippen molar-refractivity contribution >= 4 is 41.0 Å². The van der Waals surface area contributed by atoms with E-state index in [0.29, 0.717) is 23.6 Å². The van der Waals surface area contributed by atoms with Crippen molar-refractivity contribution in [3.8, 4) is 0 Å². The highest BCUT2D eigenvalue weighted by Gasteiger charge is 2.35. The van der Waals surface area contributed by atoms with Crippen LogP contribution >= 0.6 is 11.6 Å². The summed E-state index contributed by atoms with van der Waals surface area (Å²) >= 11 is 6.00. The van der Waals surface area contributed by atoms with Crippen molar-refractivity contribution in [3.05, 3.63) is 28.8 Å². The molecule has 1 aliphatic rings. The Kier molecular flexibility index (Phi) is 7.80. The molecule has 0 aliphatic heterocycles. The molecule has 0 saturated heterocycles. The second kappa shape index (κ2) is 10.1. The molecule has 1 aromatic rings. The lowest BCUT2D eigenvalue weighted by Crippen LogP contribution is -2.48. The first-order chi connectivity index (χ1) is 13.3. The van der Waals surface area contributed by atoms with Crippen molar-refractivity contribution in [3.63, 3.8) is 0 Å². The predicted octanol–water partition coefficient (Wildman–Crippen LogP) is 2.41. The second-order valence-electron chi connectivity index (χ2n) is 6.83. The van der Waals surface area contributed by atoms with Gasteiger partial charge in [0.2, 0.25) is 17.7 Å². The van der Waals surface area contributed by atoms with Gasteiger partial charge in [0.05, 0.1) is 11.8 Å². The third kappa shape index (κ3) is 5.95. The molecule has 0 spiro atoms. The number of amides is 3. The maximum atomic E-state index is 12.2. The standard InChI is InChI=1S/C19H24ClN3O5/c1-11-14(20)7-4-8-15(11)21-16(24)9-10-17(25)22-23-18(26)12-5-2-3-6-13(12)19(27)28/h4,7-8,12-13H,2-3,5-6,9-10H2,1H3,(H,21,24)(H,22,25)(H,23,26)(H,27,28)/t12-,13-/m1/s1. The third-order valence-corrected chi connectivity index (χ3v) is 5.28. The zero-order valence-corrected chi connectivity index (χ0v) is 16.3. The van der Waals surface area contributed by atoms with Crippen LogP contribution in [-0.2, 0) is 19.2 Å². The number of nitrogens with one attached hydrogen (secondary N) is 3. The van der Waals surface area contributed by atoms with Crippen molar-refractivity contribution < 1.29 is 24.3 Å². The average molecular weight is 410 g/mol. The van der Waals surface area contributed by atoms with Crippen molar-refractivity contribution in [1.82, 2.24) is 10.9 Å². The first-order valence-electron chi connectivity index (χ1n) is 9.16. The lowest BCUT2D eigenvalue weighted by atomic mass is 9.79. The average Bonchev–Trinajstić information content (AvgIpc) is 2.68. The van der Waals surface area contributed by atoms with Crippen LogP contribution in [0.15, 0.2) is 18.2 Å². The number of hydrogen-bond acceptors (Lipinski definition) is 4. The number of carboxylic acids is 1. The Morgan fingerprint density at radius 3 is 2.36 bits per heavy atom. The molecule has 8 nitrogen and oxygen atoms in total. The summed E-state index contributed by atoms with van der Waals surface area (Å²) < 4.78 is 0. The van der Waals surface area contributed by atoms with Gasteiger partial charge in [-0.2, -0.15) is 0 Å². The zero-order chi connectivity index (χ0) is 20.7. The second-order valence-corrected chi connectivity index (χ2v) is 7.24. The Morgan fingerprint density at radius 2 is 1.68 bits per heavy atom. The summed E-state index contributed by atoms with van der Waals surface area (Å²) in [7, 11) is 0. The number of carbonyl (C=O) groups excluding carboxylic acids is 3. The smallest absolute Gasteiger partial charge is 0.307 e. The molecular formula is C19H24ClN3O5. The van der Waals surface area contributed by atoms with Crippen LogP contribution in [0.3, 0.4) is 0 Å². The molecule has 152 valence electrons. The molecule has 1 aliphatic carbocycles. The molecule has 4 N–H and O–H groups in total. The molecule has 0 bridgehead atoms. The fourth-order valence-corrected chi connectivity index (χ4v) is 3.38. The number of carboxylic acid groups (broad SMARTS) is 1. The first-order valence-corrected chi connectivity index (χ1v) is 9.54. The molecule has 1 fully saturated rings. The lowest BCUT2D eigenvalue weighted by Gasteiger charge is -2.27. The molecule has 0 unspecified atom stereocenters. The molecule has 0 aromatic heterocycles. The van der Waals surface area contributed by atoms with Crippen molar-refractivity contribution in [2.45, 2.75) is 45.4 Å². The van der Waals surface area contributed by atoms with Crippen LogP contribution in [0, 0.1) is 18.8 Å². The fraction of sp³-hybridized carbons (Fsp3) is 0.474. The van der Waals surface area contributed by atoms with Gasteiger partial charge in [0.1, 0.15) is 0 Å². The van der Waals surface area contributed by atoms with Crippen LogP contribution in [0.4, 0.5) is 5.69 Å². The minimum absolute atomic E-state index is 0.0746. The van der Waals surface area contributed by atoms with E-state index in [2.05, 4.69) is 16.2 Å². The van der Waals surface area contributed by atoms with Gasteiger partial charge in [0.25, 0.3) is 0 Å². The number of hydrogen-bond donors (Lipinski definition) is 4. The Bertz CT molecular complexity index is 768. The number of hydrazine groups is 1. The van der Waals surface area contributed by atoms with E-state index in [0.717, 1.165) is 18.4 Å². The van der Waals surface area contributed by atoms with Gasteiger partial charge in [-0.3, -0.25) is 30.0 Å². The van der Waals surface area contributed by atoms with Gasteiger partial charge < -0.3 is 10.4 Å². The van der Waals surface area contributed by atoms with E-state index in [1.165, 1.54) is 0 Å². The van der Waals surface area contributed by atoms with Crippen LogP contribution in [0.1, 0.15) is 44.1 Å². The molecule has 0 heterocycles. The quantitative estimate of drug-likeness (QED) is 0.537. The first kappa shape index (κ1) is 21.7. The molecule has 1 aromatic carbocycles. The van der Waals surface area contributed by atoms with Crippen molar-refractivity contribution in [1.29, 1.82) is 0 Å². The fourth-order valence-electron chi connectivity index (χ4n) is 3.21. The molecule has 2 rings (SSSR count). The Hall–Kier alpha value is -2.61. The summed E-state index contributed by atoms with van der Waals surface area (Å²) in [6, 6.07) is 5.13. The van der Waals surface area contributed by atoms with Gasteiger partial charge in [0.15, 0.2) is 0 Å². The van der Waals surface area contributed by atoms with E-state index in [1.54, 1.807) is 25.1 Å². The Morgan fingerprint density at radius 1 is 1.04 bits per heavy atom. The summed E-state index contributed by atoms with van der Waals surface area (Å²) in [6.45, 7) is 1.77. The van der Waals surface area contributed by atoms with E-state index in [4.69, 9.17) is 11.6 Å². The predicted molar refractivity (Wildman–Crippen MR) is 103 cm³/mol. The number of halogens is 1. The van der Waals surface area contributed by atoms with E-state index in [1.807, 2.05) is 0 Å². The van der Waals surface area contributed by atoms with Crippen LogP contribution < -0.4 is 16.2 Å². The molecule has 28 heavy (non-hydrogen) atoms. The van der Waals surface area contributed by atoms with Gasteiger partial charge in [0, 0.05) is 23.6 Å². The number of aliphatic carboxylic acids is 1. The highest BCUT2D eigenvalue weighted by atomic mass is 35.5. The Labute approximate surface area is 168 Å². The Balaban J connectivity index is 1.76. The van der Waals surface area contributed by atoms with Gasteiger partial charge in [-0.25, -0.2) is 0 Å². The normalized spacial score (nSPS) is 18.8. The van der Waals surface area contributed by atoms with E-state index in [-0.39, 0.29) is 18.7 Å². The van der Waals surface area contributed by atoms with E-state index < -0.39 is 29.6 Å². The minimum Gasteiger partial charge on any atom is -0.481 e. The summed E-state index contributed by atoms with van der Waals surface area (Å²) in [6.07, 6.45) is 2.27. The monoisotopic (exact) mass is 409 g/mol. The van der Waals surface area contributed by atoms with Gasteiger partial charge in [-0.15, -0.1) is 0 Å². The molecule has 9 heteroatoms. The van der Waals surface area contributed by atoms with E-state index >= 15 is 0 Å². The molecule has 1 saturated carbocycles. The van der Waals surface area contributed by atoms with Crippen LogP contribution in [-0.4, -0.2) is 28.8 Å². The lowest BCUT2D eigenvalue weighted by molar-refractivity contribution is -0.149. The van der Waals surface area contributed by atoms with Gasteiger partial charge >= 0.3 is 5.97 Å². The number of anilines is 1. The highest BCUT2D eigenvalue weighted by Crippen LogP contribution is 2.30. The maximum absolute atomic E-state index is 12.2. The molecule has 2 atom stereocenters. The molecule has 0 radical (unpaired) electrons. The largest absolute Gasteiger partial charge is 0.481 e. The maximum Gasteiger partial charge on any atom is 0.307 e.